The lowest BCUT2D eigenvalue weighted by atomic mass is 10.1. The van der Waals surface area contributed by atoms with E-state index in [1.807, 2.05) is 6.92 Å². The topological polar surface area (TPSA) is 93.2 Å². The highest BCUT2D eigenvalue weighted by Gasteiger charge is 2.11. The van der Waals surface area contributed by atoms with Gasteiger partial charge in [0.05, 0.1) is 19.3 Å². The number of hydrogen-bond acceptors (Lipinski definition) is 5. The van der Waals surface area contributed by atoms with E-state index in [1.165, 1.54) is 23.0 Å². The summed E-state index contributed by atoms with van der Waals surface area (Å²) >= 11 is 0. The van der Waals surface area contributed by atoms with Gasteiger partial charge < -0.3 is 14.8 Å². The van der Waals surface area contributed by atoms with Gasteiger partial charge in [0.2, 0.25) is 0 Å². The van der Waals surface area contributed by atoms with Crippen molar-refractivity contribution in [1.82, 2.24) is 20.3 Å². The Labute approximate surface area is 130 Å². The minimum atomic E-state index is -1.10. The standard InChI is InChI=1S/C15H15FN4O3/c1-9-11-6-10(16)2-3-13(11)23-14(9)7-17-4-5-20-8-12(15(21)22)18-19-20/h2-3,6,8,17H,4-5,7H2,1H3,(H,21,22). The molecule has 0 saturated heterocycles. The first kappa shape index (κ1) is 15.2. The van der Waals surface area contributed by atoms with Crippen LogP contribution < -0.4 is 5.32 Å². The van der Waals surface area contributed by atoms with Crippen molar-refractivity contribution in [3.05, 3.63) is 47.2 Å². The van der Waals surface area contributed by atoms with Crippen molar-refractivity contribution in [3.63, 3.8) is 0 Å². The Kier molecular flexibility index (Phi) is 4.07. The third kappa shape index (κ3) is 3.21. The van der Waals surface area contributed by atoms with E-state index in [2.05, 4.69) is 15.6 Å². The van der Waals surface area contributed by atoms with Crippen LogP contribution in [0.4, 0.5) is 4.39 Å². The quantitative estimate of drug-likeness (QED) is 0.675. The number of rotatable bonds is 6. The van der Waals surface area contributed by atoms with E-state index >= 15 is 0 Å². The molecule has 23 heavy (non-hydrogen) atoms. The van der Waals surface area contributed by atoms with E-state index in [4.69, 9.17) is 9.52 Å². The summed E-state index contributed by atoms with van der Waals surface area (Å²) in [6.45, 7) is 3.42. The SMILES string of the molecule is Cc1c(CNCCn2cc(C(=O)O)nn2)oc2ccc(F)cc12. The van der Waals surface area contributed by atoms with Gasteiger partial charge in [-0.1, -0.05) is 5.21 Å². The fourth-order valence-electron chi connectivity index (χ4n) is 2.31. The van der Waals surface area contributed by atoms with Crippen LogP contribution in [0.3, 0.4) is 0 Å². The predicted octanol–water partition coefficient (Wildman–Crippen LogP) is 1.96. The fourth-order valence-corrected chi connectivity index (χ4v) is 2.31. The average Bonchev–Trinajstić information content (AvgIpc) is 3.10. The van der Waals surface area contributed by atoms with E-state index in [9.17, 15) is 9.18 Å². The van der Waals surface area contributed by atoms with Crippen molar-refractivity contribution in [2.45, 2.75) is 20.0 Å². The molecule has 0 bridgehead atoms. The molecule has 0 fully saturated rings. The number of carbonyl (C=O) groups is 1. The minimum absolute atomic E-state index is 0.0832. The van der Waals surface area contributed by atoms with Crippen molar-refractivity contribution < 1.29 is 18.7 Å². The monoisotopic (exact) mass is 318 g/mol. The van der Waals surface area contributed by atoms with Crippen molar-refractivity contribution in [2.24, 2.45) is 0 Å². The first-order chi connectivity index (χ1) is 11.0. The lowest BCUT2D eigenvalue weighted by Gasteiger charge is -2.03. The molecule has 0 aliphatic carbocycles. The molecule has 8 heteroatoms. The normalized spacial score (nSPS) is 11.2. The third-order valence-corrected chi connectivity index (χ3v) is 3.56. The number of carboxylic acids is 1. The van der Waals surface area contributed by atoms with E-state index in [0.29, 0.717) is 25.2 Å². The molecule has 120 valence electrons. The Bertz CT molecular complexity index is 856. The number of aromatic carboxylic acids is 1. The predicted molar refractivity (Wildman–Crippen MR) is 79.6 cm³/mol. The highest BCUT2D eigenvalue weighted by molar-refractivity contribution is 5.84. The van der Waals surface area contributed by atoms with Gasteiger partial charge in [-0.2, -0.15) is 0 Å². The number of aromatic nitrogens is 3. The molecular weight excluding hydrogens is 303 g/mol. The zero-order valence-electron chi connectivity index (χ0n) is 12.4. The van der Waals surface area contributed by atoms with E-state index in [0.717, 1.165) is 16.7 Å². The van der Waals surface area contributed by atoms with Crippen LogP contribution in [-0.2, 0) is 13.1 Å². The maximum Gasteiger partial charge on any atom is 0.358 e. The Morgan fingerprint density at radius 3 is 3.04 bits per heavy atom. The minimum Gasteiger partial charge on any atom is -0.476 e. The molecule has 0 aliphatic rings. The van der Waals surface area contributed by atoms with Gasteiger partial charge >= 0.3 is 5.97 Å². The average molecular weight is 318 g/mol. The molecule has 0 radical (unpaired) electrons. The second-order valence-corrected chi connectivity index (χ2v) is 5.14. The maximum absolute atomic E-state index is 13.3. The van der Waals surface area contributed by atoms with Gasteiger partial charge in [0, 0.05) is 11.9 Å². The van der Waals surface area contributed by atoms with Gasteiger partial charge in [-0.3, -0.25) is 4.68 Å². The number of hydrogen-bond donors (Lipinski definition) is 2. The Morgan fingerprint density at radius 2 is 2.30 bits per heavy atom. The Morgan fingerprint density at radius 1 is 1.48 bits per heavy atom. The smallest absolute Gasteiger partial charge is 0.358 e. The van der Waals surface area contributed by atoms with Crippen molar-refractivity contribution in [2.75, 3.05) is 6.54 Å². The second-order valence-electron chi connectivity index (χ2n) is 5.14. The molecule has 0 saturated carbocycles. The van der Waals surface area contributed by atoms with Crippen LogP contribution in [0.2, 0.25) is 0 Å². The maximum atomic E-state index is 13.3. The molecule has 0 aliphatic heterocycles. The van der Waals surface area contributed by atoms with Crippen molar-refractivity contribution in [3.8, 4) is 0 Å². The molecule has 0 unspecified atom stereocenters. The molecule has 1 aromatic carbocycles. The third-order valence-electron chi connectivity index (χ3n) is 3.56. The van der Waals surface area contributed by atoms with Crippen molar-refractivity contribution in [1.29, 1.82) is 0 Å². The number of nitrogens with one attached hydrogen (secondary N) is 1. The van der Waals surface area contributed by atoms with Crippen LogP contribution in [0.25, 0.3) is 11.0 Å². The molecule has 0 atom stereocenters. The Hall–Kier alpha value is -2.74. The molecular formula is C15H15FN4O3. The van der Waals surface area contributed by atoms with Crippen LogP contribution >= 0.6 is 0 Å². The van der Waals surface area contributed by atoms with Gasteiger partial charge in [-0.15, -0.1) is 5.10 Å². The van der Waals surface area contributed by atoms with Gasteiger partial charge in [0.1, 0.15) is 17.2 Å². The first-order valence-corrected chi connectivity index (χ1v) is 7.06. The number of benzene rings is 1. The molecule has 0 spiro atoms. The van der Waals surface area contributed by atoms with E-state index in [1.54, 1.807) is 6.07 Å². The summed E-state index contributed by atoms with van der Waals surface area (Å²) in [5, 5.41) is 20.0. The summed E-state index contributed by atoms with van der Waals surface area (Å²) in [4.78, 5) is 10.7. The van der Waals surface area contributed by atoms with Crippen LogP contribution in [0.1, 0.15) is 21.8 Å². The van der Waals surface area contributed by atoms with E-state index < -0.39 is 5.97 Å². The highest BCUT2D eigenvalue weighted by Crippen LogP contribution is 2.25. The largest absolute Gasteiger partial charge is 0.476 e. The summed E-state index contributed by atoms with van der Waals surface area (Å²) < 4.78 is 20.4. The molecule has 3 rings (SSSR count). The number of aryl methyl sites for hydroxylation is 1. The molecule has 3 aromatic rings. The molecule has 0 amide bonds. The zero-order valence-corrected chi connectivity index (χ0v) is 12.4. The fraction of sp³-hybridized carbons (Fsp3) is 0.267. The van der Waals surface area contributed by atoms with Gasteiger partial charge in [0.25, 0.3) is 0 Å². The van der Waals surface area contributed by atoms with Crippen LogP contribution in [0.15, 0.2) is 28.8 Å². The van der Waals surface area contributed by atoms with Crippen LogP contribution in [0, 0.1) is 12.7 Å². The van der Waals surface area contributed by atoms with Crippen molar-refractivity contribution >= 4 is 16.9 Å². The number of carboxylic acid groups (broad SMARTS) is 1. The molecule has 2 heterocycles. The first-order valence-electron chi connectivity index (χ1n) is 7.06. The summed E-state index contributed by atoms with van der Waals surface area (Å²) in [6, 6.07) is 4.44. The molecule has 2 N–H and O–H groups in total. The zero-order chi connectivity index (χ0) is 16.4. The summed E-state index contributed by atoms with van der Waals surface area (Å²) in [7, 11) is 0. The second kappa shape index (κ2) is 6.17. The highest BCUT2D eigenvalue weighted by atomic mass is 19.1. The number of nitrogens with zero attached hydrogens (tertiary/aromatic N) is 3. The molecule has 2 aromatic heterocycles. The Balaban J connectivity index is 1.58. The lowest BCUT2D eigenvalue weighted by molar-refractivity contribution is 0.0690. The summed E-state index contributed by atoms with van der Waals surface area (Å²) in [5.41, 5.74) is 1.48. The summed E-state index contributed by atoms with van der Waals surface area (Å²) in [6.07, 6.45) is 1.37. The van der Waals surface area contributed by atoms with Crippen LogP contribution in [-0.4, -0.2) is 32.6 Å². The van der Waals surface area contributed by atoms with Crippen LogP contribution in [0.5, 0.6) is 0 Å². The molecule has 7 nitrogen and oxygen atoms in total. The van der Waals surface area contributed by atoms with E-state index in [-0.39, 0.29) is 11.5 Å². The van der Waals surface area contributed by atoms with Gasteiger partial charge in [0.15, 0.2) is 5.69 Å². The number of fused-ring (bicyclic) bond motifs is 1. The number of halogens is 1. The van der Waals surface area contributed by atoms with Gasteiger partial charge in [-0.25, -0.2) is 9.18 Å². The summed E-state index contributed by atoms with van der Waals surface area (Å²) in [5.74, 6) is -0.647. The van der Waals surface area contributed by atoms with Gasteiger partial charge in [-0.05, 0) is 30.7 Å². The lowest BCUT2D eigenvalue weighted by Crippen LogP contribution is -2.20. The number of furan rings is 1.